The van der Waals surface area contributed by atoms with E-state index in [9.17, 15) is 19.2 Å². The third-order valence-electron chi connectivity index (χ3n) is 7.18. The van der Waals surface area contributed by atoms with Gasteiger partial charge in [0.1, 0.15) is 29.1 Å². The van der Waals surface area contributed by atoms with Crippen LogP contribution in [0.15, 0.2) is 52.2 Å². The van der Waals surface area contributed by atoms with Crippen LogP contribution in [0.3, 0.4) is 0 Å². The summed E-state index contributed by atoms with van der Waals surface area (Å²) in [6.07, 6.45) is 8.50. The van der Waals surface area contributed by atoms with Gasteiger partial charge in [-0.05, 0) is 37.3 Å². The Morgan fingerprint density at radius 2 is 1.89 bits per heavy atom. The van der Waals surface area contributed by atoms with Crippen LogP contribution in [-0.4, -0.2) is 42.4 Å². The number of benzene rings is 1. The number of hydrogen-bond acceptors (Lipinski definition) is 7. The van der Waals surface area contributed by atoms with E-state index < -0.39 is 18.0 Å². The van der Waals surface area contributed by atoms with Crippen molar-refractivity contribution in [2.45, 2.75) is 63.5 Å². The maximum Gasteiger partial charge on any atom is 0.287 e. The Kier molecular flexibility index (Phi) is 8.59. The Morgan fingerprint density at radius 3 is 2.61 bits per heavy atom. The first-order chi connectivity index (χ1) is 17.6. The predicted molar refractivity (Wildman–Crippen MR) is 135 cm³/mol. The number of nitrogens with one attached hydrogen (secondary N) is 3. The summed E-state index contributed by atoms with van der Waals surface area (Å²) in [7, 11) is 0. The number of rotatable bonds is 10. The second-order valence-corrected chi connectivity index (χ2v) is 9.63. The molecule has 3 N–H and O–H groups in total. The van der Waals surface area contributed by atoms with Crippen molar-refractivity contribution in [2.75, 3.05) is 6.54 Å². The topological polar surface area (TPSA) is 118 Å². The van der Waals surface area contributed by atoms with E-state index in [4.69, 9.17) is 4.42 Å². The van der Waals surface area contributed by atoms with Crippen molar-refractivity contribution in [3.05, 3.63) is 53.6 Å². The van der Waals surface area contributed by atoms with Gasteiger partial charge in [-0.15, -0.1) is 0 Å². The normalized spacial score (nSPS) is 19.3. The summed E-state index contributed by atoms with van der Waals surface area (Å²) in [6, 6.07) is 7.86. The minimum absolute atomic E-state index is 0.112. The first-order valence-electron chi connectivity index (χ1n) is 12.6. The van der Waals surface area contributed by atoms with Crippen LogP contribution in [-0.2, 0) is 14.4 Å². The molecule has 2 aromatic rings. The monoisotopic (exact) mass is 489 g/mol. The van der Waals surface area contributed by atoms with Crippen LogP contribution in [0, 0.1) is 11.8 Å². The van der Waals surface area contributed by atoms with E-state index in [1.165, 1.54) is 12.5 Å². The molecule has 1 saturated carbocycles. The van der Waals surface area contributed by atoms with Crippen molar-refractivity contribution in [3.63, 3.8) is 0 Å². The molecule has 2 fully saturated rings. The Morgan fingerprint density at radius 1 is 1.08 bits per heavy atom. The molecule has 0 bridgehead atoms. The van der Waals surface area contributed by atoms with Crippen molar-refractivity contribution in [2.24, 2.45) is 11.8 Å². The molecule has 188 valence electrons. The molecule has 1 aliphatic heterocycles. The Balaban J connectivity index is 1.53. The van der Waals surface area contributed by atoms with E-state index in [2.05, 4.69) is 16.0 Å². The van der Waals surface area contributed by atoms with Crippen molar-refractivity contribution in [1.29, 1.82) is 0 Å². The summed E-state index contributed by atoms with van der Waals surface area (Å²) in [5.74, 6) is 5.68. The van der Waals surface area contributed by atoms with E-state index in [0.717, 1.165) is 37.5 Å². The van der Waals surface area contributed by atoms with Gasteiger partial charge in [0.25, 0.3) is 5.91 Å². The number of hydrogen-bond donors (Lipinski definition) is 3. The third kappa shape index (κ3) is 6.24. The molecule has 2 heterocycles. The molecule has 8 heteroatoms. The lowest BCUT2D eigenvalue weighted by Gasteiger charge is -2.29. The van der Waals surface area contributed by atoms with Crippen molar-refractivity contribution < 1.29 is 23.6 Å². The van der Waals surface area contributed by atoms with Crippen LogP contribution in [0.1, 0.15) is 61.9 Å². The van der Waals surface area contributed by atoms with E-state index >= 15 is 0 Å². The Hall–Kier alpha value is -3.82. The molecule has 1 saturated heterocycles. The van der Waals surface area contributed by atoms with Crippen LogP contribution in [0.2, 0.25) is 0 Å². The quantitative estimate of drug-likeness (QED) is 0.439. The molecule has 8 nitrogen and oxygen atoms in total. The van der Waals surface area contributed by atoms with Gasteiger partial charge in [0.05, 0.1) is 17.8 Å². The highest BCUT2D eigenvalue weighted by molar-refractivity contribution is 5.96. The molecular weight excluding hydrogens is 458 g/mol. The number of carbonyl (C=O) groups is 1. The SMILES string of the molecule is O=C=CC(C[C@@H]1CCNC1=C=O)NC(=C=O)C(CC1CCCCC1)NC(=O)c1cc2ccccc2o1. The fourth-order valence-corrected chi connectivity index (χ4v) is 5.31. The molecule has 1 aromatic carbocycles. The standard InChI is InChI=1S/C28H31N3O5/c32-13-11-22(15-20-10-12-29-24(20)17-33)30-25(18-34)23(14-19-6-2-1-3-7-19)31-28(35)27-16-21-8-4-5-9-26(21)36-27/h4-5,8-9,11,16,19-20,22-23,29-30H,1-3,6-7,10,12,14-15H2,(H,31,35)/t20-,22?,23?/m0/s1. The second kappa shape index (κ2) is 12.2. The number of fused-ring (bicyclic) bond motifs is 1. The average Bonchev–Trinajstić information content (AvgIpc) is 3.54. The fraction of sp³-hybridized carbons (Fsp3) is 0.464. The molecule has 3 atom stereocenters. The molecule has 0 radical (unpaired) electrons. The lowest BCUT2D eigenvalue weighted by atomic mass is 9.84. The molecule has 2 aliphatic rings. The molecule has 1 amide bonds. The minimum atomic E-state index is -0.628. The highest BCUT2D eigenvalue weighted by atomic mass is 16.3. The maximum absolute atomic E-state index is 13.2. The molecule has 4 rings (SSSR count). The molecule has 0 spiro atoms. The number of amides is 1. The van der Waals surface area contributed by atoms with E-state index in [0.29, 0.717) is 36.6 Å². The first-order valence-corrected chi connectivity index (χ1v) is 12.6. The van der Waals surface area contributed by atoms with Gasteiger partial charge in [-0.25, -0.2) is 14.4 Å². The Labute approximate surface area is 209 Å². The largest absolute Gasteiger partial charge is 0.451 e. The lowest BCUT2D eigenvalue weighted by molar-refractivity contribution is 0.0908. The van der Waals surface area contributed by atoms with Gasteiger partial charge in [0.15, 0.2) is 5.76 Å². The predicted octanol–water partition coefficient (Wildman–Crippen LogP) is 3.28. The summed E-state index contributed by atoms with van der Waals surface area (Å²) in [4.78, 5) is 47.8. The van der Waals surface area contributed by atoms with Crippen LogP contribution < -0.4 is 16.0 Å². The van der Waals surface area contributed by atoms with Gasteiger partial charge in [0.2, 0.25) is 0 Å². The second-order valence-electron chi connectivity index (χ2n) is 9.63. The van der Waals surface area contributed by atoms with Gasteiger partial charge >= 0.3 is 0 Å². The molecule has 2 unspecified atom stereocenters. The smallest absolute Gasteiger partial charge is 0.287 e. The number of carbonyl (C=O) groups excluding carboxylic acids is 4. The molecule has 36 heavy (non-hydrogen) atoms. The van der Waals surface area contributed by atoms with Crippen LogP contribution in [0.4, 0.5) is 0 Å². The van der Waals surface area contributed by atoms with Crippen LogP contribution in [0.25, 0.3) is 11.0 Å². The Bertz CT molecular complexity index is 1190. The lowest BCUT2D eigenvalue weighted by Crippen LogP contribution is -2.44. The van der Waals surface area contributed by atoms with E-state index in [1.807, 2.05) is 30.1 Å². The first kappa shape index (κ1) is 25.3. The number of allylic oxidation sites excluding steroid dienone is 1. The highest BCUT2D eigenvalue weighted by Crippen LogP contribution is 2.29. The van der Waals surface area contributed by atoms with E-state index in [1.54, 1.807) is 18.1 Å². The highest BCUT2D eigenvalue weighted by Gasteiger charge is 2.29. The van der Waals surface area contributed by atoms with E-state index in [-0.39, 0.29) is 17.4 Å². The van der Waals surface area contributed by atoms with Gasteiger partial charge in [0, 0.05) is 23.9 Å². The number of furan rings is 1. The average molecular weight is 490 g/mol. The summed E-state index contributed by atoms with van der Waals surface area (Å²) in [6.45, 7) is 0.654. The van der Waals surface area contributed by atoms with Crippen LogP contribution >= 0.6 is 0 Å². The third-order valence-corrected chi connectivity index (χ3v) is 7.18. The zero-order chi connectivity index (χ0) is 25.3. The van der Waals surface area contributed by atoms with Gasteiger partial charge < -0.3 is 20.4 Å². The summed E-state index contributed by atoms with van der Waals surface area (Å²) in [5, 5.41) is 9.90. The maximum atomic E-state index is 13.2. The molecule has 1 aliphatic carbocycles. The molecular formula is C28H31N3O5. The summed E-state index contributed by atoms with van der Waals surface area (Å²) >= 11 is 0. The van der Waals surface area contributed by atoms with Crippen molar-refractivity contribution in [3.8, 4) is 0 Å². The summed E-state index contributed by atoms with van der Waals surface area (Å²) in [5.41, 5.74) is 1.25. The van der Waals surface area contributed by atoms with Crippen LogP contribution in [0.5, 0.6) is 0 Å². The zero-order valence-electron chi connectivity index (χ0n) is 20.2. The van der Waals surface area contributed by atoms with Gasteiger partial charge in [-0.2, -0.15) is 0 Å². The minimum Gasteiger partial charge on any atom is -0.451 e. The zero-order valence-corrected chi connectivity index (χ0v) is 20.2. The van der Waals surface area contributed by atoms with Gasteiger partial charge in [-0.1, -0.05) is 50.3 Å². The summed E-state index contributed by atoms with van der Waals surface area (Å²) < 4.78 is 5.72. The number of para-hydroxylation sites is 1. The molecule has 1 aromatic heterocycles. The van der Waals surface area contributed by atoms with Gasteiger partial charge in [-0.3, -0.25) is 4.79 Å². The van der Waals surface area contributed by atoms with Crippen molar-refractivity contribution >= 4 is 34.7 Å². The van der Waals surface area contributed by atoms with Crippen molar-refractivity contribution in [1.82, 2.24) is 16.0 Å². The fourth-order valence-electron chi connectivity index (χ4n) is 5.31.